The molecule has 0 aliphatic carbocycles. The fourth-order valence-corrected chi connectivity index (χ4v) is 2.65. The average Bonchev–Trinajstić information content (AvgIpc) is 2.94. The SMILES string of the molecule is CCc1oc(C(=O)N[C@@H](CC(C)C)C(N)=O)cc1CN(CC)CC. The lowest BCUT2D eigenvalue weighted by Crippen LogP contribution is -2.45. The minimum atomic E-state index is -0.682. The summed E-state index contributed by atoms with van der Waals surface area (Å²) in [4.78, 5) is 26.2. The molecule has 1 rings (SSSR count). The Bertz CT molecular complexity index is 548. The first kappa shape index (κ1) is 20.2. The second kappa shape index (κ2) is 9.47. The summed E-state index contributed by atoms with van der Waals surface area (Å²) in [5.74, 6) is 0.391. The van der Waals surface area contributed by atoms with E-state index in [2.05, 4.69) is 24.1 Å². The fourth-order valence-electron chi connectivity index (χ4n) is 2.65. The van der Waals surface area contributed by atoms with Crippen molar-refractivity contribution >= 4 is 11.8 Å². The highest BCUT2D eigenvalue weighted by atomic mass is 16.4. The van der Waals surface area contributed by atoms with Crippen molar-refractivity contribution in [3.8, 4) is 0 Å². The second-order valence-corrected chi connectivity index (χ2v) is 6.43. The van der Waals surface area contributed by atoms with Gasteiger partial charge in [-0.25, -0.2) is 0 Å². The highest BCUT2D eigenvalue weighted by molar-refractivity contribution is 5.95. The minimum absolute atomic E-state index is 0.240. The Balaban J connectivity index is 2.90. The maximum absolute atomic E-state index is 12.4. The van der Waals surface area contributed by atoms with Gasteiger partial charge >= 0.3 is 0 Å². The molecule has 3 N–H and O–H groups in total. The number of nitrogens with one attached hydrogen (secondary N) is 1. The number of nitrogens with zero attached hydrogens (tertiary/aromatic N) is 1. The summed E-state index contributed by atoms with van der Waals surface area (Å²) >= 11 is 0. The van der Waals surface area contributed by atoms with E-state index in [-0.39, 0.29) is 17.6 Å². The number of hydrogen-bond acceptors (Lipinski definition) is 4. The number of carbonyl (C=O) groups is 2. The van der Waals surface area contributed by atoms with E-state index >= 15 is 0 Å². The summed E-state index contributed by atoms with van der Waals surface area (Å²) < 4.78 is 5.71. The summed E-state index contributed by atoms with van der Waals surface area (Å²) in [6.07, 6.45) is 1.23. The highest BCUT2D eigenvalue weighted by Crippen LogP contribution is 2.19. The third kappa shape index (κ3) is 5.67. The van der Waals surface area contributed by atoms with Gasteiger partial charge in [0, 0.05) is 18.5 Å². The molecule has 0 spiro atoms. The number of aryl methyl sites for hydroxylation is 1. The van der Waals surface area contributed by atoms with E-state index in [0.717, 1.165) is 37.4 Å². The van der Waals surface area contributed by atoms with E-state index in [0.29, 0.717) is 6.42 Å². The Morgan fingerprint density at radius 3 is 2.33 bits per heavy atom. The van der Waals surface area contributed by atoms with Crippen molar-refractivity contribution in [3.05, 3.63) is 23.2 Å². The van der Waals surface area contributed by atoms with E-state index in [4.69, 9.17) is 10.2 Å². The lowest BCUT2D eigenvalue weighted by Gasteiger charge is -2.17. The second-order valence-electron chi connectivity index (χ2n) is 6.43. The quantitative estimate of drug-likeness (QED) is 0.686. The van der Waals surface area contributed by atoms with Crippen LogP contribution in [0.15, 0.2) is 10.5 Å². The molecule has 0 fully saturated rings. The molecule has 1 aromatic heterocycles. The van der Waals surface area contributed by atoms with Gasteiger partial charge in [0.25, 0.3) is 5.91 Å². The number of primary amides is 1. The number of amides is 2. The van der Waals surface area contributed by atoms with Crippen molar-refractivity contribution in [1.29, 1.82) is 0 Å². The summed E-state index contributed by atoms with van der Waals surface area (Å²) in [5.41, 5.74) is 6.40. The summed E-state index contributed by atoms with van der Waals surface area (Å²) in [6, 6.07) is 1.10. The van der Waals surface area contributed by atoms with E-state index in [1.54, 1.807) is 6.07 Å². The maximum atomic E-state index is 12.4. The van der Waals surface area contributed by atoms with Crippen LogP contribution >= 0.6 is 0 Å². The number of nitrogens with two attached hydrogens (primary N) is 1. The monoisotopic (exact) mass is 337 g/mol. The van der Waals surface area contributed by atoms with E-state index in [9.17, 15) is 9.59 Å². The zero-order chi connectivity index (χ0) is 18.3. The molecule has 0 aromatic carbocycles. The van der Waals surface area contributed by atoms with Crippen LogP contribution in [0.4, 0.5) is 0 Å². The number of rotatable bonds is 10. The average molecular weight is 337 g/mol. The van der Waals surface area contributed by atoms with Crippen LogP contribution in [0.25, 0.3) is 0 Å². The molecule has 6 nitrogen and oxygen atoms in total. The van der Waals surface area contributed by atoms with E-state index in [1.807, 2.05) is 20.8 Å². The number of hydrogen-bond donors (Lipinski definition) is 2. The first-order chi connectivity index (χ1) is 11.3. The van der Waals surface area contributed by atoms with Gasteiger partial charge in [0.15, 0.2) is 5.76 Å². The molecule has 0 saturated carbocycles. The summed E-state index contributed by atoms with van der Waals surface area (Å²) in [6.45, 7) is 12.8. The van der Waals surface area contributed by atoms with Gasteiger partial charge in [-0.15, -0.1) is 0 Å². The molecule has 1 aromatic rings. The van der Waals surface area contributed by atoms with Crippen LogP contribution in [-0.2, 0) is 17.8 Å². The predicted molar refractivity (Wildman–Crippen MR) is 94.6 cm³/mol. The molecule has 136 valence electrons. The normalized spacial score (nSPS) is 12.6. The van der Waals surface area contributed by atoms with Gasteiger partial charge in [0.1, 0.15) is 11.8 Å². The first-order valence-electron chi connectivity index (χ1n) is 8.76. The van der Waals surface area contributed by atoms with Crippen molar-refractivity contribution in [2.24, 2.45) is 11.7 Å². The zero-order valence-electron chi connectivity index (χ0n) is 15.5. The fraction of sp³-hybridized carbons (Fsp3) is 0.667. The highest BCUT2D eigenvalue weighted by Gasteiger charge is 2.23. The molecule has 1 heterocycles. The molecule has 6 heteroatoms. The third-order valence-electron chi connectivity index (χ3n) is 4.09. The van der Waals surface area contributed by atoms with Gasteiger partial charge < -0.3 is 15.5 Å². The lowest BCUT2D eigenvalue weighted by molar-refractivity contribution is -0.120. The van der Waals surface area contributed by atoms with Crippen LogP contribution in [0.3, 0.4) is 0 Å². The van der Waals surface area contributed by atoms with E-state index < -0.39 is 11.9 Å². The summed E-state index contributed by atoms with van der Waals surface area (Å²) in [5, 5.41) is 2.69. The van der Waals surface area contributed by atoms with Crippen LogP contribution in [0.1, 0.15) is 62.9 Å². The molecular formula is C18H31N3O3. The third-order valence-corrected chi connectivity index (χ3v) is 4.09. The van der Waals surface area contributed by atoms with Gasteiger partial charge in [-0.2, -0.15) is 0 Å². The smallest absolute Gasteiger partial charge is 0.287 e. The largest absolute Gasteiger partial charge is 0.456 e. The molecule has 0 aliphatic rings. The Morgan fingerprint density at radius 1 is 1.25 bits per heavy atom. The maximum Gasteiger partial charge on any atom is 0.287 e. The zero-order valence-corrected chi connectivity index (χ0v) is 15.5. The van der Waals surface area contributed by atoms with Crippen molar-refractivity contribution < 1.29 is 14.0 Å². The Labute approximate surface area is 144 Å². The molecule has 2 amide bonds. The van der Waals surface area contributed by atoms with Crippen LogP contribution in [-0.4, -0.2) is 35.8 Å². The number of carbonyl (C=O) groups excluding carboxylic acids is 2. The number of furan rings is 1. The topological polar surface area (TPSA) is 88.6 Å². The molecule has 0 radical (unpaired) electrons. The molecule has 0 aliphatic heterocycles. The Hall–Kier alpha value is -1.82. The van der Waals surface area contributed by atoms with Crippen molar-refractivity contribution in [1.82, 2.24) is 10.2 Å². The van der Waals surface area contributed by atoms with Crippen LogP contribution in [0, 0.1) is 5.92 Å². The van der Waals surface area contributed by atoms with Crippen LogP contribution in [0.2, 0.25) is 0 Å². The lowest BCUT2D eigenvalue weighted by atomic mass is 10.0. The Kier molecular flexibility index (Phi) is 7.98. The van der Waals surface area contributed by atoms with Gasteiger partial charge in [0.05, 0.1) is 0 Å². The Morgan fingerprint density at radius 2 is 1.88 bits per heavy atom. The standard InChI is InChI=1S/C18H31N3O3/c1-6-15-13(11-21(7-2)8-3)10-16(24-15)18(23)20-14(17(19)22)9-12(4)5/h10,12,14H,6-9,11H2,1-5H3,(H2,19,22)(H,20,23)/t14-/m0/s1. The van der Waals surface area contributed by atoms with Gasteiger partial charge in [0.2, 0.25) is 5.91 Å². The molecule has 0 unspecified atom stereocenters. The molecule has 0 saturated heterocycles. The van der Waals surface area contributed by atoms with E-state index in [1.165, 1.54) is 0 Å². The molecule has 1 atom stereocenters. The van der Waals surface area contributed by atoms with Crippen LogP contribution < -0.4 is 11.1 Å². The van der Waals surface area contributed by atoms with Gasteiger partial charge in [-0.1, -0.05) is 34.6 Å². The van der Waals surface area contributed by atoms with Crippen molar-refractivity contribution in [2.45, 2.75) is 60.0 Å². The van der Waals surface area contributed by atoms with Gasteiger partial charge in [-0.3, -0.25) is 14.5 Å². The molecule has 0 bridgehead atoms. The van der Waals surface area contributed by atoms with Crippen molar-refractivity contribution in [3.63, 3.8) is 0 Å². The van der Waals surface area contributed by atoms with Gasteiger partial charge in [-0.05, 0) is 31.5 Å². The minimum Gasteiger partial charge on any atom is -0.456 e. The summed E-state index contributed by atoms with van der Waals surface area (Å²) in [7, 11) is 0. The predicted octanol–water partition coefficient (Wildman–Crippen LogP) is 2.31. The molecule has 24 heavy (non-hydrogen) atoms. The first-order valence-corrected chi connectivity index (χ1v) is 8.76. The van der Waals surface area contributed by atoms with Crippen molar-refractivity contribution in [2.75, 3.05) is 13.1 Å². The van der Waals surface area contributed by atoms with Crippen LogP contribution in [0.5, 0.6) is 0 Å². The molecular weight excluding hydrogens is 306 g/mol.